The summed E-state index contributed by atoms with van der Waals surface area (Å²) in [5, 5.41) is 9.51. The zero-order valence-electron chi connectivity index (χ0n) is 9.29. The van der Waals surface area contributed by atoms with Crippen LogP contribution in [0.3, 0.4) is 0 Å². The van der Waals surface area contributed by atoms with E-state index in [0.717, 1.165) is 11.4 Å². The highest BCUT2D eigenvalue weighted by Gasteiger charge is 2.16. The Bertz CT molecular complexity index is 507. The molecule has 0 atom stereocenters. The molecule has 2 rings (SSSR count). The van der Waals surface area contributed by atoms with Gasteiger partial charge in [-0.3, -0.25) is 9.89 Å². The Morgan fingerprint density at radius 2 is 2.12 bits per heavy atom. The molecular weight excluding hydrogens is 208 g/mol. The first-order chi connectivity index (χ1) is 7.59. The first kappa shape index (κ1) is 10.4. The van der Waals surface area contributed by atoms with Crippen LogP contribution in [0.4, 0.5) is 5.69 Å². The zero-order chi connectivity index (χ0) is 11.7. The quantitative estimate of drug-likeness (QED) is 0.804. The van der Waals surface area contributed by atoms with Crippen LogP contribution in [0.5, 0.6) is 0 Å². The van der Waals surface area contributed by atoms with Crippen LogP contribution in [0, 0.1) is 20.8 Å². The van der Waals surface area contributed by atoms with Crippen LogP contribution in [0.25, 0.3) is 0 Å². The lowest BCUT2D eigenvalue weighted by Crippen LogP contribution is -2.13. The van der Waals surface area contributed by atoms with Gasteiger partial charge >= 0.3 is 0 Å². The maximum absolute atomic E-state index is 11.8. The van der Waals surface area contributed by atoms with Gasteiger partial charge < -0.3 is 9.73 Å². The Balaban J connectivity index is 2.24. The zero-order valence-corrected chi connectivity index (χ0v) is 9.29. The summed E-state index contributed by atoms with van der Waals surface area (Å²) in [6.45, 7) is 5.36. The first-order valence-electron chi connectivity index (χ1n) is 4.82. The number of H-pyrrole nitrogens is 1. The topological polar surface area (TPSA) is 83.8 Å². The number of amides is 1. The summed E-state index contributed by atoms with van der Waals surface area (Å²) in [7, 11) is 0. The van der Waals surface area contributed by atoms with E-state index in [4.69, 9.17) is 4.42 Å². The average Bonchev–Trinajstić information content (AvgIpc) is 2.79. The van der Waals surface area contributed by atoms with Gasteiger partial charge in [-0.2, -0.15) is 5.10 Å². The molecule has 0 aromatic carbocycles. The van der Waals surface area contributed by atoms with Gasteiger partial charge in [0.15, 0.2) is 6.39 Å². The Kier molecular flexibility index (Phi) is 2.47. The normalized spacial score (nSPS) is 10.4. The minimum absolute atomic E-state index is 0.222. The third-order valence-corrected chi connectivity index (χ3v) is 2.32. The van der Waals surface area contributed by atoms with Gasteiger partial charge in [0.1, 0.15) is 0 Å². The van der Waals surface area contributed by atoms with Crippen molar-refractivity contribution in [1.29, 1.82) is 0 Å². The van der Waals surface area contributed by atoms with Crippen LogP contribution < -0.4 is 5.32 Å². The van der Waals surface area contributed by atoms with Gasteiger partial charge in [-0.15, -0.1) is 0 Å². The number of nitrogens with one attached hydrogen (secondary N) is 2. The first-order valence-corrected chi connectivity index (χ1v) is 4.82. The van der Waals surface area contributed by atoms with Gasteiger partial charge in [0.05, 0.1) is 22.8 Å². The number of aryl methyl sites for hydroxylation is 3. The lowest BCUT2D eigenvalue weighted by Gasteiger charge is -2.02. The number of anilines is 1. The third-order valence-electron chi connectivity index (χ3n) is 2.32. The van der Waals surface area contributed by atoms with Crippen molar-refractivity contribution < 1.29 is 9.21 Å². The largest absolute Gasteiger partial charge is 0.438 e. The molecule has 1 amide bonds. The highest BCUT2D eigenvalue weighted by atomic mass is 16.3. The fraction of sp³-hybridized carbons (Fsp3) is 0.300. The molecule has 0 aliphatic rings. The van der Waals surface area contributed by atoms with Crippen LogP contribution >= 0.6 is 0 Å². The molecular formula is C10H12N4O2. The molecule has 0 bridgehead atoms. The van der Waals surface area contributed by atoms with Crippen LogP contribution in [0.2, 0.25) is 0 Å². The minimum Gasteiger partial charge on any atom is -0.438 e. The molecule has 0 spiro atoms. The number of hydrogen-bond donors (Lipinski definition) is 2. The number of carbonyl (C=O) groups excluding carboxylic acids is 1. The van der Waals surface area contributed by atoms with Crippen molar-refractivity contribution in [1.82, 2.24) is 15.2 Å². The third kappa shape index (κ3) is 1.69. The molecule has 16 heavy (non-hydrogen) atoms. The Labute approximate surface area is 92.1 Å². The molecule has 0 aliphatic heterocycles. The van der Waals surface area contributed by atoms with E-state index >= 15 is 0 Å². The molecule has 0 aliphatic carbocycles. The second-order valence-electron chi connectivity index (χ2n) is 3.53. The molecule has 2 N–H and O–H groups in total. The van der Waals surface area contributed by atoms with Crippen LogP contribution in [0.1, 0.15) is 27.6 Å². The number of carbonyl (C=O) groups is 1. The van der Waals surface area contributed by atoms with Crippen molar-refractivity contribution in [3.05, 3.63) is 29.2 Å². The van der Waals surface area contributed by atoms with E-state index in [1.165, 1.54) is 6.39 Å². The summed E-state index contributed by atoms with van der Waals surface area (Å²) in [4.78, 5) is 15.7. The SMILES string of the molecule is Cc1ncoc1C(=O)Nc1c(C)n[nH]c1C. The molecule has 84 valence electrons. The fourth-order valence-corrected chi connectivity index (χ4v) is 1.43. The number of nitrogens with zero attached hydrogens (tertiary/aromatic N) is 2. The molecule has 6 nitrogen and oxygen atoms in total. The highest BCUT2D eigenvalue weighted by Crippen LogP contribution is 2.17. The second kappa shape index (κ2) is 3.80. The van der Waals surface area contributed by atoms with E-state index < -0.39 is 0 Å². The molecule has 6 heteroatoms. The number of aromatic nitrogens is 3. The van der Waals surface area contributed by atoms with Crippen LogP contribution in [0.15, 0.2) is 10.8 Å². The highest BCUT2D eigenvalue weighted by molar-refractivity contribution is 6.03. The van der Waals surface area contributed by atoms with Gasteiger partial charge in [0.2, 0.25) is 5.76 Å². The Morgan fingerprint density at radius 1 is 1.38 bits per heavy atom. The lowest BCUT2D eigenvalue weighted by atomic mass is 10.3. The predicted octanol–water partition coefficient (Wildman–Crippen LogP) is 1.58. The standard InChI is InChI=1S/C10H12N4O2/c1-5-8(6(2)14-13-5)12-10(15)9-7(3)11-4-16-9/h4H,1-3H3,(H,12,15)(H,13,14). The van der Waals surface area contributed by atoms with Gasteiger partial charge in [0, 0.05) is 0 Å². The van der Waals surface area contributed by atoms with Gasteiger partial charge in [-0.1, -0.05) is 0 Å². The van der Waals surface area contributed by atoms with Gasteiger partial charge in [-0.25, -0.2) is 4.98 Å². The summed E-state index contributed by atoms with van der Waals surface area (Å²) in [5.41, 5.74) is 2.79. The van der Waals surface area contributed by atoms with Crippen molar-refractivity contribution in [2.75, 3.05) is 5.32 Å². The van der Waals surface area contributed by atoms with Crippen molar-refractivity contribution in [2.45, 2.75) is 20.8 Å². The fourth-order valence-electron chi connectivity index (χ4n) is 1.43. The number of rotatable bonds is 2. The summed E-state index contributed by atoms with van der Waals surface area (Å²) >= 11 is 0. The lowest BCUT2D eigenvalue weighted by molar-refractivity contribution is 0.0995. The summed E-state index contributed by atoms with van der Waals surface area (Å²) in [5.74, 6) is -0.0948. The Morgan fingerprint density at radius 3 is 2.62 bits per heavy atom. The molecule has 2 aromatic rings. The molecule has 0 fully saturated rings. The number of hydrogen-bond acceptors (Lipinski definition) is 4. The van der Waals surface area contributed by atoms with Crippen molar-refractivity contribution in [3.63, 3.8) is 0 Å². The van der Waals surface area contributed by atoms with Crippen molar-refractivity contribution in [2.24, 2.45) is 0 Å². The van der Waals surface area contributed by atoms with Crippen molar-refractivity contribution in [3.8, 4) is 0 Å². The van der Waals surface area contributed by atoms with E-state index in [1.54, 1.807) is 6.92 Å². The summed E-state index contributed by atoms with van der Waals surface area (Å²) in [6.07, 6.45) is 1.25. The Hall–Kier alpha value is -2.11. The van der Waals surface area contributed by atoms with Gasteiger partial charge in [-0.05, 0) is 20.8 Å². The molecule has 0 unspecified atom stereocenters. The average molecular weight is 220 g/mol. The van der Waals surface area contributed by atoms with Crippen LogP contribution in [-0.2, 0) is 0 Å². The predicted molar refractivity (Wildman–Crippen MR) is 57.3 cm³/mol. The monoisotopic (exact) mass is 220 g/mol. The molecule has 0 saturated heterocycles. The second-order valence-corrected chi connectivity index (χ2v) is 3.53. The van der Waals surface area contributed by atoms with E-state index in [9.17, 15) is 4.79 Å². The molecule has 2 heterocycles. The van der Waals surface area contributed by atoms with Gasteiger partial charge in [0.25, 0.3) is 5.91 Å². The number of aromatic amines is 1. The van der Waals surface area contributed by atoms with E-state index in [-0.39, 0.29) is 11.7 Å². The number of oxazole rings is 1. The van der Waals surface area contributed by atoms with E-state index in [1.807, 2.05) is 13.8 Å². The van der Waals surface area contributed by atoms with E-state index in [2.05, 4.69) is 20.5 Å². The summed E-state index contributed by atoms with van der Waals surface area (Å²) < 4.78 is 5.00. The summed E-state index contributed by atoms with van der Waals surface area (Å²) in [6, 6.07) is 0. The molecule has 2 aromatic heterocycles. The smallest absolute Gasteiger partial charge is 0.293 e. The maximum atomic E-state index is 11.8. The van der Waals surface area contributed by atoms with Crippen LogP contribution in [-0.4, -0.2) is 21.1 Å². The van der Waals surface area contributed by atoms with E-state index in [0.29, 0.717) is 11.4 Å². The van der Waals surface area contributed by atoms with Crippen molar-refractivity contribution >= 4 is 11.6 Å². The minimum atomic E-state index is -0.317. The maximum Gasteiger partial charge on any atom is 0.293 e. The molecule has 0 radical (unpaired) electrons. The molecule has 0 saturated carbocycles.